The molecule has 1 heterocycles. The van der Waals surface area contributed by atoms with E-state index < -0.39 is 36.1 Å². The largest absolute Gasteiger partial charge is 0.573 e. The van der Waals surface area contributed by atoms with Crippen LogP contribution in [0.2, 0.25) is 0 Å². The summed E-state index contributed by atoms with van der Waals surface area (Å²) in [6.07, 6.45) is -10.1. The molecule has 8 nitrogen and oxygen atoms in total. The van der Waals surface area contributed by atoms with Crippen molar-refractivity contribution in [3.63, 3.8) is 0 Å². The van der Waals surface area contributed by atoms with E-state index in [1.165, 1.54) is 24.3 Å². The van der Waals surface area contributed by atoms with Gasteiger partial charge in [0.25, 0.3) is 5.91 Å². The Hall–Kier alpha value is -5.53. The van der Waals surface area contributed by atoms with E-state index in [2.05, 4.69) is 10.1 Å². The molecule has 0 saturated heterocycles. The van der Waals surface area contributed by atoms with Crippen LogP contribution in [0, 0.1) is 0 Å². The van der Waals surface area contributed by atoms with Gasteiger partial charge >= 0.3 is 18.5 Å². The Bertz CT molecular complexity index is 1990. The summed E-state index contributed by atoms with van der Waals surface area (Å²) in [5, 5.41) is 17.1. The zero-order valence-electron chi connectivity index (χ0n) is 26.0. The number of ether oxygens (including phenoxy) is 2. The Morgan fingerprint density at radius 3 is 2.22 bits per heavy atom. The van der Waals surface area contributed by atoms with E-state index in [4.69, 9.17) is 14.9 Å². The maximum absolute atomic E-state index is 13.6. The molecule has 0 aliphatic carbocycles. The van der Waals surface area contributed by atoms with Crippen molar-refractivity contribution in [2.45, 2.75) is 45.5 Å². The molecule has 1 amide bonds. The molecule has 1 aromatic heterocycles. The van der Waals surface area contributed by atoms with Crippen molar-refractivity contribution in [3.8, 4) is 34.0 Å². The summed E-state index contributed by atoms with van der Waals surface area (Å²) >= 11 is 0. The van der Waals surface area contributed by atoms with Gasteiger partial charge in [0.05, 0.1) is 36.0 Å². The quantitative estimate of drug-likeness (QED) is 0.136. The van der Waals surface area contributed by atoms with Gasteiger partial charge in [-0.2, -0.15) is 18.3 Å². The highest BCUT2D eigenvalue weighted by Crippen LogP contribution is 2.39. The van der Waals surface area contributed by atoms with Crippen LogP contribution in [-0.2, 0) is 17.5 Å². The van der Waals surface area contributed by atoms with E-state index in [9.17, 15) is 35.9 Å². The Labute approximate surface area is 275 Å². The fraction of sp³-hybridized carbons (Fsp3) is 0.229. The molecule has 14 heteroatoms. The molecule has 0 aliphatic rings. The standard InChI is InChI=1S/C35H29F6N3O5/c1-20(2)48-31-17-26(34(36,37)38)10-12-28(31)29-18-30(25-8-7-24-16-27(49-35(39,40)41)11-9-23(24)15-25)44(43-29)19-21-3-5-22(6-4-21)33(47)42-14-13-32(45)46/h3-12,15-18,20H,13-14,19H2,1-2H3,(H,42,47)(H,45,46). The first kappa shape index (κ1) is 34.8. The number of aliphatic carboxylic acids is 1. The second kappa shape index (κ2) is 13.9. The molecule has 4 aromatic carbocycles. The summed E-state index contributed by atoms with van der Waals surface area (Å²) in [6.45, 7) is 3.49. The highest BCUT2D eigenvalue weighted by molar-refractivity contribution is 5.94. The summed E-state index contributed by atoms with van der Waals surface area (Å²) in [5.74, 6) is -1.89. The van der Waals surface area contributed by atoms with Crippen LogP contribution in [0.4, 0.5) is 26.3 Å². The van der Waals surface area contributed by atoms with Crippen LogP contribution in [-0.4, -0.2) is 45.8 Å². The molecule has 5 aromatic rings. The molecular formula is C35H29F6N3O5. The molecule has 0 atom stereocenters. The van der Waals surface area contributed by atoms with Gasteiger partial charge in [-0.05, 0) is 84.8 Å². The summed E-state index contributed by atoms with van der Waals surface area (Å²) in [7, 11) is 0. The van der Waals surface area contributed by atoms with E-state index >= 15 is 0 Å². The van der Waals surface area contributed by atoms with Crippen molar-refractivity contribution in [1.82, 2.24) is 15.1 Å². The fourth-order valence-corrected chi connectivity index (χ4v) is 5.06. The van der Waals surface area contributed by atoms with Crippen molar-refractivity contribution in [1.29, 1.82) is 0 Å². The minimum absolute atomic E-state index is 0.0185. The van der Waals surface area contributed by atoms with Gasteiger partial charge in [0.1, 0.15) is 11.5 Å². The molecule has 0 aliphatic heterocycles. The number of benzene rings is 4. The Kier molecular flexibility index (Phi) is 9.88. The number of carbonyl (C=O) groups excluding carboxylic acids is 1. The molecule has 256 valence electrons. The van der Waals surface area contributed by atoms with Crippen LogP contribution in [0.25, 0.3) is 33.3 Å². The average molecular weight is 686 g/mol. The molecule has 0 radical (unpaired) electrons. The zero-order chi connectivity index (χ0) is 35.5. The number of amides is 1. The highest BCUT2D eigenvalue weighted by atomic mass is 19.4. The topological polar surface area (TPSA) is 103 Å². The molecule has 5 rings (SSSR count). The van der Waals surface area contributed by atoms with Crippen molar-refractivity contribution >= 4 is 22.6 Å². The van der Waals surface area contributed by atoms with Crippen molar-refractivity contribution in [2.24, 2.45) is 0 Å². The Balaban J connectivity index is 1.54. The SMILES string of the molecule is CC(C)Oc1cc(C(F)(F)F)ccc1-c1cc(-c2ccc3cc(OC(F)(F)F)ccc3c2)n(Cc2ccc(C(=O)NCCC(=O)O)cc2)n1. The molecule has 0 fully saturated rings. The second-order valence-corrected chi connectivity index (χ2v) is 11.3. The maximum Gasteiger partial charge on any atom is 0.573 e. The number of hydrogen-bond donors (Lipinski definition) is 2. The predicted octanol–water partition coefficient (Wildman–Crippen LogP) is 8.33. The monoisotopic (exact) mass is 685 g/mol. The third-order valence-electron chi connectivity index (χ3n) is 7.24. The lowest BCUT2D eigenvalue weighted by Gasteiger charge is -2.16. The lowest BCUT2D eigenvalue weighted by atomic mass is 10.0. The van der Waals surface area contributed by atoms with Gasteiger partial charge in [0, 0.05) is 23.2 Å². The van der Waals surface area contributed by atoms with Gasteiger partial charge in [-0.15, -0.1) is 13.2 Å². The number of hydrogen-bond acceptors (Lipinski definition) is 5. The number of fused-ring (bicyclic) bond motifs is 1. The molecule has 49 heavy (non-hydrogen) atoms. The first-order chi connectivity index (χ1) is 23.1. The fourth-order valence-electron chi connectivity index (χ4n) is 5.06. The number of halogens is 6. The molecule has 0 spiro atoms. The molecule has 0 saturated carbocycles. The zero-order valence-corrected chi connectivity index (χ0v) is 26.0. The minimum Gasteiger partial charge on any atom is -0.490 e. The highest BCUT2D eigenvalue weighted by Gasteiger charge is 2.32. The van der Waals surface area contributed by atoms with Crippen LogP contribution in [0.15, 0.2) is 84.9 Å². The molecule has 2 N–H and O–H groups in total. The van der Waals surface area contributed by atoms with Gasteiger partial charge in [-0.3, -0.25) is 14.3 Å². The summed E-state index contributed by atoms with van der Waals surface area (Å²) in [4.78, 5) is 23.2. The Morgan fingerprint density at radius 1 is 0.878 bits per heavy atom. The van der Waals surface area contributed by atoms with E-state index in [-0.39, 0.29) is 31.0 Å². The van der Waals surface area contributed by atoms with Gasteiger partial charge < -0.3 is 19.9 Å². The van der Waals surface area contributed by atoms with E-state index in [1.807, 2.05) is 0 Å². The van der Waals surface area contributed by atoms with Crippen LogP contribution in [0.5, 0.6) is 11.5 Å². The van der Waals surface area contributed by atoms with Crippen molar-refractivity contribution < 1.29 is 50.5 Å². The van der Waals surface area contributed by atoms with Gasteiger partial charge in [0.15, 0.2) is 0 Å². The third-order valence-corrected chi connectivity index (χ3v) is 7.24. The van der Waals surface area contributed by atoms with E-state index in [1.54, 1.807) is 67.1 Å². The number of carboxylic acids is 1. The predicted molar refractivity (Wildman–Crippen MR) is 168 cm³/mol. The summed E-state index contributed by atoms with van der Waals surface area (Å²) in [5.41, 5.74) is 1.90. The van der Waals surface area contributed by atoms with Crippen LogP contribution >= 0.6 is 0 Å². The minimum atomic E-state index is -4.85. The molecule has 0 bridgehead atoms. The molecular weight excluding hydrogens is 656 g/mol. The van der Waals surface area contributed by atoms with Crippen LogP contribution in [0.3, 0.4) is 0 Å². The normalized spacial score (nSPS) is 11.9. The number of aromatic nitrogens is 2. The average Bonchev–Trinajstić information content (AvgIpc) is 3.42. The van der Waals surface area contributed by atoms with Crippen molar-refractivity contribution in [3.05, 3.63) is 102 Å². The first-order valence-corrected chi connectivity index (χ1v) is 14.9. The maximum atomic E-state index is 13.6. The lowest BCUT2D eigenvalue weighted by molar-refractivity contribution is -0.274. The number of nitrogens with one attached hydrogen (secondary N) is 1. The number of nitrogens with zero attached hydrogens (tertiary/aromatic N) is 2. The number of carboxylic acid groups (broad SMARTS) is 1. The summed E-state index contributed by atoms with van der Waals surface area (Å²) < 4.78 is 90.5. The summed E-state index contributed by atoms with van der Waals surface area (Å²) in [6, 6.07) is 20.3. The van der Waals surface area contributed by atoms with Gasteiger partial charge in [0.2, 0.25) is 0 Å². The van der Waals surface area contributed by atoms with Crippen LogP contribution in [0.1, 0.15) is 41.8 Å². The first-order valence-electron chi connectivity index (χ1n) is 14.9. The van der Waals surface area contributed by atoms with Gasteiger partial charge in [-0.1, -0.05) is 30.3 Å². The smallest absolute Gasteiger partial charge is 0.490 e. The number of rotatable bonds is 11. The third kappa shape index (κ3) is 8.89. The second-order valence-electron chi connectivity index (χ2n) is 11.3. The van der Waals surface area contributed by atoms with Crippen molar-refractivity contribution in [2.75, 3.05) is 6.54 Å². The molecule has 0 unspecified atom stereocenters. The van der Waals surface area contributed by atoms with E-state index in [0.29, 0.717) is 44.4 Å². The Morgan fingerprint density at radius 2 is 1.57 bits per heavy atom. The number of alkyl halides is 6. The number of carbonyl (C=O) groups is 2. The lowest BCUT2D eigenvalue weighted by Crippen LogP contribution is -2.25. The van der Waals surface area contributed by atoms with Gasteiger partial charge in [-0.25, -0.2) is 0 Å². The van der Waals surface area contributed by atoms with Crippen LogP contribution < -0.4 is 14.8 Å². The van der Waals surface area contributed by atoms with E-state index in [0.717, 1.165) is 12.1 Å².